The maximum atomic E-state index is 10.4. The largest absolute Gasteiger partial charge is 0.481 e. The molecular formula is C20H27N7O2. The first-order chi connectivity index (χ1) is 13.5. The van der Waals surface area contributed by atoms with Crippen LogP contribution in [0.25, 0.3) is 0 Å². The predicted molar refractivity (Wildman–Crippen MR) is 115 cm³/mol. The highest BCUT2D eigenvalue weighted by atomic mass is 16.5. The molecule has 2 aromatic rings. The number of hydrogen-bond acceptors (Lipinski definition) is 7. The van der Waals surface area contributed by atoms with Crippen molar-refractivity contribution in [1.82, 2.24) is 9.97 Å². The van der Waals surface area contributed by atoms with E-state index in [1.807, 2.05) is 13.0 Å². The number of pyridine rings is 2. The lowest BCUT2D eigenvalue weighted by Gasteiger charge is -2.20. The monoisotopic (exact) mass is 397 g/mol. The Morgan fingerprint density at radius 1 is 1.21 bits per heavy atom. The number of nitrogens with two attached hydrogens (primary N) is 2. The van der Waals surface area contributed by atoms with Crippen LogP contribution in [0.15, 0.2) is 46.9 Å². The smallest absolute Gasteiger partial charge is 0.216 e. The number of anilines is 2. The second kappa shape index (κ2) is 8.70. The molecule has 0 aliphatic carbocycles. The van der Waals surface area contributed by atoms with Gasteiger partial charge in [0.25, 0.3) is 0 Å². The molecule has 2 aromatic heterocycles. The van der Waals surface area contributed by atoms with E-state index in [1.54, 1.807) is 46.3 Å². The van der Waals surface area contributed by atoms with Crippen LogP contribution in [-0.2, 0) is 5.60 Å². The molecule has 0 bridgehead atoms. The molecule has 0 fully saturated rings. The third-order valence-electron chi connectivity index (χ3n) is 3.94. The van der Waals surface area contributed by atoms with Gasteiger partial charge in [-0.2, -0.15) is 0 Å². The molecule has 0 saturated carbocycles. The van der Waals surface area contributed by atoms with Crippen molar-refractivity contribution in [2.24, 2.45) is 21.5 Å². The molecule has 0 saturated heterocycles. The van der Waals surface area contributed by atoms with Gasteiger partial charge in [0.2, 0.25) is 5.88 Å². The highest BCUT2D eigenvalue weighted by Gasteiger charge is 2.20. The number of nitrogens with zero attached hydrogens (tertiary/aromatic N) is 4. The first-order valence-corrected chi connectivity index (χ1v) is 8.86. The molecule has 0 aromatic carbocycles. The van der Waals surface area contributed by atoms with Gasteiger partial charge in [0.15, 0.2) is 0 Å². The van der Waals surface area contributed by atoms with Crippen molar-refractivity contribution in [3.05, 3.63) is 53.6 Å². The number of aliphatic imine (C=N–C) groups is 2. The number of hydrogen-bond donors (Lipinski definition) is 4. The molecule has 0 aliphatic heterocycles. The van der Waals surface area contributed by atoms with E-state index in [2.05, 4.69) is 31.8 Å². The van der Waals surface area contributed by atoms with Crippen molar-refractivity contribution >= 4 is 23.2 Å². The fraction of sp³-hybridized carbons (Fsp3) is 0.300. The molecule has 29 heavy (non-hydrogen) atoms. The zero-order chi connectivity index (χ0) is 21.8. The highest BCUT2D eigenvalue weighted by Crippen LogP contribution is 2.26. The Kier molecular flexibility index (Phi) is 6.55. The van der Waals surface area contributed by atoms with E-state index < -0.39 is 5.60 Å². The summed E-state index contributed by atoms with van der Waals surface area (Å²) >= 11 is 0. The van der Waals surface area contributed by atoms with Crippen LogP contribution < -0.4 is 21.5 Å². The Labute approximate surface area is 170 Å². The Hall–Kier alpha value is -3.46. The fourth-order valence-corrected chi connectivity index (χ4v) is 2.54. The number of rotatable bonds is 6. The topological polar surface area (TPSA) is 144 Å². The molecule has 2 rings (SSSR count). The van der Waals surface area contributed by atoms with E-state index in [0.29, 0.717) is 34.3 Å². The number of amidine groups is 2. The van der Waals surface area contributed by atoms with E-state index in [9.17, 15) is 5.11 Å². The Morgan fingerprint density at radius 2 is 1.90 bits per heavy atom. The summed E-state index contributed by atoms with van der Waals surface area (Å²) in [6.07, 6.45) is 3.20. The molecule has 9 nitrogen and oxygen atoms in total. The van der Waals surface area contributed by atoms with Crippen LogP contribution >= 0.6 is 0 Å². The van der Waals surface area contributed by atoms with Gasteiger partial charge in [-0.15, -0.1) is 0 Å². The second-order valence-corrected chi connectivity index (χ2v) is 7.00. The maximum absolute atomic E-state index is 10.4. The molecule has 154 valence electrons. The van der Waals surface area contributed by atoms with Gasteiger partial charge in [-0.3, -0.25) is 0 Å². The second-order valence-electron chi connectivity index (χ2n) is 7.00. The molecule has 0 amide bonds. The van der Waals surface area contributed by atoms with Gasteiger partial charge < -0.3 is 26.6 Å². The standard InChI is InChI=1S/C20H27N7O2/c1-11-7-15(10-24-19(11)29-6)27-18-16(8-14(9-23-18)20(4,5)28)17(22)26-13(3)25-12(2)21/h7-10,28H,2,21H2,1,3-6H3,(H,23,27)(H2,22,25,26). The van der Waals surface area contributed by atoms with Crippen LogP contribution in [-0.4, -0.2) is 33.9 Å². The van der Waals surface area contributed by atoms with Crippen LogP contribution in [0.1, 0.15) is 37.5 Å². The first-order valence-electron chi connectivity index (χ1n) is 8.86. The number of ether oxygens (including phenoxy) is 1. The lowest BCUT2D eigenvalue weighted by atomic mass is 9.98. The van der Waals surface area contributed by atoms with Gasteiger partial charge in [-0.1, -0.05) is 6.58 Å². The summed E-state index contributed by atoms with van der Waals surface area (Å²) in [7, 11) is 1.56. The third-order valence-corrected chi connectivity index (χ3v) is 3.94. The first kappa shape index (κ1) is 21.8. The third kappa shape index (κ3) is 5.76. The van der Waals surface area contributed by atoms with Crippen molar-refractivity contribution in [2.75, 3.05) is 12.4 Å². The number of nitrogens with one attached hydrogen (secondary N) is 1. The highest BCUT2D eigenvalue weighted by molar-refractivity contribution is 6.08. The Morgan fingerprint density at radius 3 is 2.45 bits per heavy atom. The Balaban J connectivity index is 2.53. The molecule has 2 heterocycles. The summed E-state index contributed by atoms with van der Waals surface area (Å²) in [5, 5.41) is 13.5. The van der Waals surface area contributed by atoms with Crippen molar-refractivity contribution in [3.8, 4) is 5.88 Å². The Bertz CT molecular complexity index is 975. The van der Waals surface area contributed by atoms with Crippen molar-refractivity contribution in [2.45, 2.75) is 33.3 Å². The summed E-state index contributed by atoms with van der Waals surface area (Å²) in [5.41, 5.74) is 13.2. The van der Waals surface area contributed by atoms with Gasteiger partial charge in [-0.05, 0) is 39.8 Å². The molecule has 0 spiro atoms. The predicted octanol–water partition coefficient (Wildman–Crippen LogP) is 2.32. The number of aryl methyl sites for hydroxylation is 1. The van der Waals surface area contributed by atoms with E-state index in [-0.39, 0.29) is 11.7 Å². The van der Waals surface area contributed by atoms with Gasteiger partial charge in [0, 0.05) is 17.3 Å². The summed E-state index contributed by atoms with van der Waals surface area (Å²) in [4.78, 5) is 16.9. The molecule has 0 unspecified atom stereocenters. The summed E-state index contributed by atoms with van der Waals surface area (Å²) < 4.78 is 5.19. The number of aliphatic hydroxyl groups is 1. The van der Waals surface area contributed by atoms with Crippen LogP contribution in [0.4, 0.5) is 11.5 Å². The zero-order valence-corrected chi connectivity index (χ0v) is 17.3. The molecule has 9 heteroatoms. The average molecular weight is 397 g/mol. The summed E-state index contributed by atoms with van der Waals surface area (Å²) in [6.45, 7) is 10.4. The van der Waals surface area contributed by atoms with E-state index in [1.165, 1.54) is 0 Å². The SMILES string of the molecule is C=C(N)/N=C(C)\N=C(/N)c1cc(C(C)(C)O)cnc1Nc1cnc(OC)c(C)c1. The van der Waals surface area contributed by atoms with Gasteiger partial charge in [0.05, 0.1) is 30.2 Å². The summed E-state index contributed by atoms with van der Waals surface area (Å²) in [6, 6.07) is 3.60. The van der Waals surface area contributed by atoms with Crippen molar-refractivity contribution < 1.29 is 9.84 Å². The van der Waals surface area contributed by atoms with Crippen LogP contribution in [0.2, 0.25) is 0 Å². The minimum absolute atomic E-state index is 0.126. The van der Waals surface area contributed by atoms with Crippen LogP contribution in [0.5, 0.6) is 5.88 Å². The zero-order valence-electron chi connectivity index (χ0n) is 17.3. The van der Waals surface area contributed by atoms with Gasteiger partial charge in [-0.25, -0.2) is 20.0 Å². The molecule has 0 radical (unpaired) electrons. The minimum atomic E-state index is -1.10. The van der Waals surface area contributed by atoms with Crippen molar-refractivity contribution in [1.29, 1.82) is 0 Å². The molecule has 0 atom stereocenters. The van der Waals surface area contributed by atoms with E-state index in [0.717, 1.165) is 5.56 Å². The molecule has 0 aliphatic rings. The van der Waals surface area contributed by atoms with Crippen molar-refractivity contribution in [3.63, 3.8) is 0 Å². The lowest BCUT2D eigenvalue weighted by Crippen LogP contribution is -2.21. The van der Waals surface area contributed by atoms with Crippen LogP contribution in [0.3, 0.4) is 0 Å². The lowest BCUT2D eigenvalue weighted by molar-refractivity contribution is 0.0782. The van der Waals surface area contributed by atoms with E-state index in [4.69, 9.17) is 16.2 Å². The maximum Gasteiger partial charge on any atom is 0.216 e. The fourth-order valence-electron chi connectivity index (χ4n) is 2.54. The van der Waals surface area contributed by atoms with Gasteiger partial charge in [0.1, 0.15) is 23.3 Å². The normalized spacial score (nSPS) is 12.6. The number of aromatic nitrogens is 2. The summed E-state index contributed by atoms with van der Waals surface area (Å²) in [5.74, 6) is 1.62. The van der Waals surface area contributed by atoms with Gasteiger partial charge >= 0.3 is 0 Å². The molecule has 6 N–H and O–H groups in total. The number of methoxy groups -OCH3 is 1. The minimum Gasteiger partial charge on any atom is -0.481 e. The average Bonchev–Trinajstić information content (AvgIpc) is 2.60. The quantitative estimate of drug-likeness (QED) is 0.432. The van der Waals surface area contributed by atoms with Crippen LogP contribution in [0, 0.1) is 6.92 Å². The van der Waals surface area contributed by atoms with E-state index >= 15 is 0 Å². The molecular weight excluding hydrogens is 370 g/mol.